The molecule has 0 unspecified atom stereocenters. The van der Waals surface area contributed by atoms with Gasteiger partial charge in [-0.3, -0.25) is 10.4 Å². The Hall–Kier alpha value is -0.860. The lowest BCUT2D eigenvalue weighted by molar-refractivity contribution is 0.464. The number of hydrogen-bond donors (Lipinski definition) is 4. The number of aliphatic imine (C=N–C) groups is 1. The summed E-state index contributed by atoms with van der Waals surface area (Å²) in [7, 11) is -3.24. The van der Waals surface area contributed by atoms with Crippen LogP contribution < -0.4 is 21.3 Å². The third-order valence-electron chi connectivity index (χ3n) is 1.77. The molecule has 17 heavy (non-hydrogen) atoms. The molecule has 0 aromatic heterocycles. The first-order chi connectivity index (χ1) is 7.70. The van der Waals surface area contributed by atoms with Gasteiger partial charge in [-0.05, 0) is 20.3 Å². The Morgan fingerprint density at radius 3 is 2.41 bits per heavy atom. The average molecular weight is 265 g/mol. The number of hydrazine groups is 1. The predicted molar refractivity (Wildman–Crippen MR) is 70.0 cm³/mol. The zero-order valence-corrected chi connectivity index (χ0v) is 11.7. The van der Waals surface area contributed by atoms with Crippen molar-refractivity contribution >= 4 is 16.0 Å². The van der Waals surface area contributed by atoms with Crippen molar-refractivity contribution in [2.45, 2.75) is 32.7 Å². The summed E-state index contributed by atoms with van der Waals surface area (Å²) in [4.78, 5) is 4.18. The number of nitrogens with zero attached hydrogens (tertiary/aromatic N) is 1. The van der Waals surface area contributed by atoms with Crippen molar-refractivity contribution in [3.8, 4) is 0 Å². The van der Waals surface area contributed by atoms with E-state index < -0.39 is 15.6 Å². The minimum absolute atomic E-state index is 0.288. The van der Waals surface area contributed by atoms with E-state index in [-0.39, 0.29) is 6.54 Å². The fourth-order valence-corrected chi connectivity index (χ4v) is 2.28. The van der Waals surface area contributed by atoms with Gasteiger partial charge in [0, 0.05) is 12.1 Å². The normalized spacial score (nSPS) is 13.6. The molecule has 0 saturated carbocycles. The highest BCUT2D eigenvalue weighted by molar-refractivity contribution is 7.88. The second-order valence-electron chi connectivity index (χ2n) is 4.49. The molecule has 0 rings (SSSR count). The summed E-state index contributed by atoms with van der Waals surface area (Å²) in [5.41, 5.74) is 1.78. The maximum atomic E-state index is 11.1. The highest BCUT2D eigenvalue weighted by Crippen LogP contribution is 2.04. The number of hydrogen-bond acceptors (Lipinski definition) is 4. The third-order valence-corrected chi connectivity index (χ3v) is 2.70. The van der Waals surface area contributed by atoms with Gasteiger partial charge in [0.05, 0.1) is 12.8 Å². The minimum Gasteiger partial charge on any atom is -0.355 e. The van der Waals surface area contributed by atoms with Crippen molar-refractivity contribution < 1.29 is 8.42 Å². The zero-order valence-electron chi connectivity index (χ0n) is 10.9. The van der Waals surface area contributed by atoms with Gasteiger partial charge in [0.1, 0.15) is 0 Å². The molecule has 0 aliphatic rings. The topological polar surface area (TPSA) is 109 Å². The summed E-state index contributed by atoms with van der Waals surface area (Å²) in [6, 6.07) is 0. The zero-order chi connectivity index (χ0) is 13.5. The lowest BCUT2D eigenvalue weighted by Gasteiger charge is -2.23. The van der Waals surface area contributed by atoms with Crippen molar-refractivity contribution in [2.75, 3.05) is 19.3 Å². The molecule has 0 bridgehead atoms. The average Bonchev–Trinajstić information content (AvgIpc) is 2.14. The fraction of sp³-hybridized carbons (Fsp3) is 0.889. The van der Waals surface area contributed by atoms with Gasteiger partial charge in [0.15, 0.2) is 0 Å². The summed E-state index contributed by atoms with van der Waals surface area (Å²) in [5, 5.41) is 2.99. The number of guanidine groups is 1. The Morgan fingerprint density at radius 2 is 2.00 bits per heavy atom. The van der Waals surface area contributed by atoms with Crippen molar-refractivity contribution in [1.29, 1.82) is 0 Å². The second-order valence-corrected chi connectivity index (χ2v) is 6.24. The van der Waals surface area contributed by atoms with E-state index in [0.29, 0.717) is 5.96 Å². The maximum absolute atomic E-state index is 11.1. The van der Waals surface area contributed by atoms with E-state index in [0.717, 1.165) is 19.2 Å². The van der Waals surface area contributed by atoms with Gasteiger partial charge in [0.25, 0.3) is 0 Å². The molecule has 5 N–H and O–H groups in total. The molecule has 0 heterocycles. The van der Waals surface area contributed by atoms with Gasteiger partial charge in [-0.25, -0.2) is 19.0 Å². The van der Waals surface area contributed by atoms with E-state index in [9.17, 15) is 8.42 Å². The van der Waals surface area contributed by atoms with Gasteiger partial charge in [-0.1, -0.05) is 6.92 Å². The van der Waals surface area contributed by atoms with Crippen molar-refractivity contribution in [2.24, 2.45) is 10.8 Å². The Labute approximate surface area is 103 Å². The first kappa shape index (κ1) is 16.1. The monoisotopic (exact) mass is 265 g/mol. The number of nitrogens with one attached hydrogen (secondary N) is 3. The number of nitrogens with two attached hydrogens (primary N) is 1. The van der Waals surface area contributed by atoms with Gasteiger partial charge >= 0.3 is 0 Å². The largest absolute Gasteiger partial charge is 0.355 e. The lowest BCUT2D eigenvalue weighted by atomic mass is 10.1. The van der Waals surface area contributed by atoms with Crippen LogP contribution in [0.3, 0.4) is 0 Å². The Balaban J connectivity index is 4.43. The van der Waals surface area contributed by atoms with E-state index in [1.165, 1.54) is 0 Å². The fourth-order valence-electron chi connectivity index (χ4n) is 1.21. The van der Waals surface area contributed by atoms with Crippen LogP contribution in [0.15, 0.2) is 4.99 Å². The molecule has 0 aliphatic heterocycles. The van der Waals surface area contributed by atoms with Gasteiger partial charge in [-0.2, -0.15) is 0 Å². The molecule has 0 spiro atoms. The van der Waals surface area contributed by atoms with Crippen LogP contribution in [0, 0.1) is 0 Å². The van der Waals surface area contributed by atoms with Crippen LogP contribution in [0.2, 0.25) is 0 Å². The summed E-state index contributed by atoms with van der Waals surface area (Å²) in [6.45, 7) is 6.58. The lowest BCUT2D eigenvalue weighted by Crippen LogP contribution is -2.47. The van der Waals surface area contributed by atoms with E-state index in [4.69, 9.17) is 5.84 Å². The van der Waals surface area contributed by atoms with Crippen LogP contribution >= 0.6 is 0 Å². The molecule has 0 atom stereocenters. The molecule has 102 valence electrons. The van der Waals surface area contributed by atoms with E-state index in [2.05, 4.69) is 20.5 Å². The quantitative estimate of drug-likeness (QED) is 0.216. The molecule has 0 radical (unpaired) electrons. The van der Waals surface area contributed by atoms with Crippen molar-refractivity contribution in [3.63, 3.8) is 0 Å². The molecule has 0 aliphatic carbocycles. The minimum atomic E-state index is -3.24. The summed E-state index contributed by atoms with van der Waals surface area (Å²) < 4.78 is 24.7. The summed E-state index contributed by atoms with van der Waals surface area (Å²) in [6.07, 6.45) is 2.07. The van der Waals surface area contributed by atoms with Crippen molar-refractivity contribution in [1.82, 2.24) is 15.5 Å². The molecule has 0 amide bonds. The van der Waals surface area contributed by atoms with Crippen LogP contribution in [0.25, 0.3) is 0 Å². The third kappa shape index (κ3) is 8.90. The molecule has 0 aromatic rings. The Morgan fingerprint density at radius 1 is 1.41 bits per heavy atom. The van der Waals surface area contributed by atoms with Crippen LogP contribution in [0.1, 0.15) is 27.2 Å². The van der Waals surface area contributed by atoms with E-state index in [1.807, 2.05) is 6.92 Å². The highest BCUT2D eigenvalue weighted by atomic mass is 32.2. The first-order valence-electron chi connectivity index (χ1n) is 5.44. The molecule has 8 heteroatoms. The molecule has 0 saturated heterocycles. The Bertz CT molecular complexity index is 350. The van der Waals surface area contributed by atoms with Crippen LogP contribution in [0.5, 0.6) is 0 Å². The highest BCUT2D eigenvalue weighted by Gasteiger charge is 2.21. The van der Waals surface area contributed by atoms with Gasteiger partial charge < -0.3 is 5.32 Å². The predicted octanol–water partition coefficient (Wildman–Crippen LogP) is -0.867. The molecular weight excluding hydrogens is 242 g/mol. The molecular formula is C9H23N5O2S. The van der Waals surface area contributed by atoms with E-state index in [1.54, 1.807) is 13.8 Å². The van der Waals surface area contributed by atoms with Gasteiger partial charge in [-0.15, -0.1) is 0 Å². The molecule has 0 aromatic carbocycles. The summed E-state index contributed by atoms with van der Waals surface area (Å²) >= 11 is 0. The van der Waals surface area contributed by atoms with Crippen LogP contribution in [-0.2, 0) is 10.0 Å². The van der Waals surface area contributed by atoms with Gasteiger partial charge in [0.2, 0.25) is 16.0 Å². The Kier molecular flexibility index (Phi) is 6.43. The first-order valence-corrected chi connectivity index (χ1v) is 7.33. The van der Waals surface area contributed by atoms with Crippen LogP contribution in [0.4, 0.5) is 0 Å². The smallest absolute Gasteiger partial charge is 0.209 e. The SMILES string of the molecule is CCCNC(=NCC(C)(C)NS(C)(=O)=O)NN. The number of sulfonamides is 1. The molecule has 7 nitrogen and oxygen atoms in total. The standard InChI is InChI=1S/C9H23N5O2S/c1-5-6-11-8(13-10)12-7-9(2,3)14-17(4,15)16/h14H,5-7,10H2,1-4H3,(H2,11,12,13). The van der Waals surface area contributed by atoms with E-state index >= 15 is 0 Å². The maximum Gasteiger partial charge on any atom is 0.209 e. The molecule has 0 fully saturated rings. The van der Waals surface area contributed by atoms with Crippen molar-refractivity contribution in [3.05, 3.63) is 0 Å². The van der Waals surface area contributed by atoms with Crippen LogP contribution in [-0.4, -0.2) is 39.3 Å². The second kappa shape index (κ2) is 6.77. The number of rotatable bonds is 6. The summed E-state index contributed by atoms with van der Waals surface area (Å²) in [5.74, 6) is 5.74.